The Morgan fingerprint density at radius 3 is 2.18 bits per heavy atom. The van der Waals surface area contributed by atoms with Crippen LogP contribution in [0.3, 0.4) is 0 Å². The van der Waals surface area contributed by atoms with Gasteiger partial charge in [-0.1, -0.05) is 60.7 Å². The fourth-order valence-electron chi connectivity index (χ4n) is 3.89. The first kappa shape index (κ1) is 23.4. The van der Waals surface area contributed by atoms with E-state index >= 15 is 0 Å². The third-order valence-electron chi connectivity index (χ3n) is 5.65. The van der Waals surface area contributed by atoms with Gasteiger partial charge in [0.25, 0.3) is 5.56 Å². The molecule has 1 aliphatic rings. The van der Waals surface area contributed by atoms with E-state index in [4.69, 9.17) is 4.74 Å². The average molecular weight is 470 g/mol. The van der Waals surface area contributed by atoms with E-state index in [2.05, 4.69) is 0 Å². The van der Waals surface area contributed by atoms with Gasteiger partial charge in [0.15, 0.2) is 23.4 Å². The minimum Gasteiger partial charge on any atom is -0.385 e. The Morgan fingerprint density at radius 2 is 1.59 bits per heavy atom. The molecule has 1 aromatic heterocycles. The SMILES string of the molecule is O=C(c1ccccc1)C(O)[C@H]1O[C@@H](n2cc(F)c(=O)[nH]c2=O)[C@H](O)[C@]1(O)C(=O)c1ccccc1. The number of benzene rings is 2. The highest BCUT2D eigenvalue weighted by Crippen LogP contribution is 2.41. The van der Waals surface area contributed by atoms with Crippen LogP contribution in [0.25, 0.3) is 0 Å². The first-order chi connectivity index (χ1) is 16.2. The van der Waals surface area contributed by atoms with Gasteiger partial charge in [-0.15, -0.1) is 0 Å². The zero-order valence-electron chi connectivity index (χ0n) is 17.4. The molecule has 2 aromatic carbocycles. The average Bonchev–Trinajstić information content (AvgIpc) is 3.12. The number of carbonyl (C=O) groups is 2. The fourth-order valence-corrected chi connectivity index (χ4v) is 3.89. The standard InChI is InChI=1S/C23H19FN2O8/c24-14-11-26(22(32)25-20(14)31)21-18(30)23(33,17(29)13-9-5-2-6-10-13)19(34-21)16(28)15(27)12-7-3-1-4-8-12/h1-11,16,18-19,21,28,30,33H,(H,25,31,32)/t16?,18-,19+,21+,23+/m0/s1. The van der Waals surface area contributed by atoms with E-state index in [0.29, 0.717) is 10.8 Å². The molecule has 11 heteroatoms. The molecule has 176 valence electrons. The van der Waals surface area contributed by atoms with E-state index in [1.165, 1.54) is 48.5 Å². The van der Waals surface area contributed by atoms with Crippen LogP contribution in [-0.4, -0.2) is 60.4 Å². The van der Waals surface area contributed by atoms with Crippen LogP contribution in [0.4, 0.5) is 4.39 Å². The molecule has 1 unspecified atom stereocenters. The quantitative estimate of drug-likeness (QED) is 0.360. The number of hydrogen-bond acceptors (Lipinski definition) is 8. The third-order valence-corrected chi connectivity index (χ3v) is 5.65. The number of nitrogens with zero attached hydrogens (tertiary/aromatic N) is 1. The van der Waals surface area contributed by atoms with Gasteiger partial charge in [0.1, 0.15) is 18.3 Å². The van der Waals surface area contributed by atoms with Crippen molar-refractivity contribution >= 4 is 11.6 Å². The molecule has 10 nitrogen and oxygen atoms in total. The lowest BCUT2D eigenvalue weighted by Gasteiger charge is -2.31. The maximum absolute atomic E-state index is 13.9. The summed E-state index contributed by atoms with van der Waals surface area (Å²) in [6, 6.07) is 14.7. The number of aromatic nitrogens is 2. The molecule has 1 aliphatic heterocycles. The van der Waals surface area contributed by atoms with Gasteiger partial charge < -0.3 is 20.1 Å². The van der Waals surface area contributed by atoms with Crippen molar-refractivity contribution in [1.29, 1.82) is 0 Å². The van der Waals surface area contributed by atoms with Crippen LogP contribution in [0.15, 0.2) is 76.4 Å². The molecule has 0 aliphatic carbocycles. The second-order valence-corrected chi connectivity index (χ2v) is 7.73. The van der Waals surface area contributed by atoms with E-state index in [0.717, 1.165) is 0 Å². The Balaban J connectivity index is 1.82. The molecule has 1 saturated heterocycles. The molecule has 0 saturated carbocycles. The summed E-state index contributed by atoms with van der Waals surface area (Å²) >= 11 is 0. The zero-order chi connectivity index (χ0) is 24.6. The van der Waals surface area contributed by atoms with Crippen LogP contribution < -0.4 is 11.2 Å². The molecule has 0 bridgehead atoms. The summed E-state index contributed by atoms with van der Waals surface area (Å²) in [5, 5.41) is 33.2. The van der Waals surface area contributed by atoms with Crippen LogP contribution in [0.2, 0.25) is 0 Å². The highest BCUT2D eigenvalue weighted by molar-refractivity contribution is 6.05. The van der Waals surface area contributed by atoms with Crippen LogP contribution >= 0.6 is 0 Å². The van der Waals surface area contributed by atoms with Gasteiger partial charge >= 0.3 is 5.69 Å². The maximum Gasteiger partial charge on any atom is 0.330 e. The number of halogens is 1. The van der Waals surface area contributed by atoms with Crippen molar-refractivity contribution in [1.82, 2.24) is 9.55 Å². The normalized spacial score (nSPS) is 25.1. The van der Waals surface area contributed by atoms with E-state index in [1.807, 2.05) is 0 Å². The molecule has 4 N–H and O–H groups in total. The molecule has 34 heavy (non-hydrogen) atoms. The number of nitrogens with one attached hydrogen (secondary N) is 1. The van der Waals surface area contributed by atoms with E-state index in [1.54, 1.807) is 17.1 Å². The largest absolute Gasteiger partial charge is 0.385 e. The van der Waals surface area contributed by atoms with E-state index in [-0.39, 0.29) is 11.1 Å². The van der Waals surface area contributed by atoms with E-state index < -0.39 is 58.8 Å². The van der Waals surface area contributed by atoms with Crippen LogP contribution in [0.1, 0.15) is 26.9 Å². The maximum atomic E-state index is 13.9. The van der Waals surface area contributed by atoms with Crippen molar-refractivity contribution in [3.05, 3.63) is 105 Å². The number of rotatable bonds is 6. The number of ketones is 2. The highest BCUT2D eigenvalue weighted by atomic mass is 19.1. The number of ether oxygens (including phenoxy) is 1. The molecule has 0 radical (unpaired) electrons. The van der Waals surface area contributed by atoms with Crippen molar-refractivity contribution in [3.8, 4) is 0 Å². The van der Waals surface area contributed by atoms with E-state index in [9.17, 15) is 38.9 Å². The second-order valence-electron chi connectivity index (χ2n) is 7.73. The lowest BCUT2D eigenvalue weighted by Crippen LogP contribution is -2.59. The summed E-state index contributed by atoms with van der Waals surface area (Å²) in [5.74, 6) is -3.44. The van der Waals surface area contributed by atoms with Crippen LogP contribution in [-0.2, 0) is 4.74 Å². The van der Waals surface area contributed by atoms with Gasteiger partial charge in [0.2, 0.25) is 5.82 Å². The topological polar surface area (TPSA) is 159 Å². The molecule has 2 heterocycles. The number of aliphatic hydroxyl groups is 3. The molecule has 5 atom stereocenters. The van der Waals surface area contributed by atoms with Crippen molar-refractivity contribution in [2.24, 2.45) is 0 Å². The van der Waals surface area contributed by atoms with Gasteiger partial charge in [0.05, 0.1) is 6.20 Å². The van der Waals surface area contributed by atoms with Gasteiger partial charge in [-0.25, -0.2) is 4.79 Å². The highest BCUT2D eigenvalue weighted by Gasteiger charge is 2.64. The second kappa shape index (κ2) is 8.88. The van der Waals surface area contributed by atoms with Crippen molar-refractivity contribution < 1.29 is 34.0 Å². The lowest BCUT2D eigenvalue weighted by molar-refractivity contribution is -0.0925. The fraction of sp³-hybridized carbons (Fsp3) is 0.217. The predicted octanol–water partition coefficient (Wildman–Crippen LogP) is -0.208. The number of Topliss-reactive ketones (excluding diaryl/α,β-unsaturated/α-hetero) is 2. The Morgan fingerprint density at radius 1 is 1.03 bits per heavy atom. The first-order valence-electron chi connectivity index (χ1n) is 10.1. The zero-order valence-corrected chi connectivity index (χ0v) is 17.4. The summed E-state index contributed by atoms with van der Waals surface area (Å²) in [4.78, 5) is 51.5. The summed E-state index contributed by atoms with van der Waals surface area (Å²) in [6.07, 6.45) is -7.97. The molecule has 0 amide bonds. The van der Waals surface area contributed by atoms with Crippen molar-refractivity contribution in [3.63, 3.8) is 0 Å². The Bertz CT molecular complexity index is 1340. The Labute approximate surface area is 190 Å². The summed E-state index contributed by atoms with van der Waals surface area (Å²) in [5.41, 5.74) is -5.53. The van der Waals surface area contributed by atoms with Gasteiger partial charge in [-0.3, -0.25) is 23.9 Å². The molecule has 0 spiro atoms. The molecule has 3 aromatic rings. The first-order valence-corrected chi connectivity index (χ1v) is 10.1. The molecule has 1 fully saturated rings. The van der Waals surface area contributed by atoms with Gasteiger partial charge in [-0.05, 0) is 0 Å². The minimum atomic E-state index is -2.93. The number of H-pyrrole nitrogens is 1. The number of hydrogen-bond donors (Lipinski definition) is 4. The lowest BCUT2D eigenvalue weighted by atomic mass is 9.80. The third kappa shape index (κ3) is 3.80. The Kier molecular flexibility index (Phi) is 6.11. The summed E-state index contributed by atoms with van der Waals surface area (Å²) in [7, 11) is 0. The number of carbonyl (C=O) groups excluding carboxylic acids is 2. The summed E-state index contributed by atoms with van der Waals surface area (Å²) < 4.78 is 19.8. The smallest absolute Gasteiger partial charge is 0.330 e. The van der Waals surface area contributed by atoms with Crippen molar-refractivity contribution in [2.45, 2.75) is 30.1 Å². The van der Waals surface area contributed by atoms with Gasteiger partial charge in [-0.2, -0.15) is 4.39 Å². The van der Waals surface area contributed by atoms with Crippen molar-refractivity contribution in [2.75, 3.05) is 0 Å². The molecule has 4 rings (SSSR count). The van der Waals surface area contributed by atoms with Gasteiger partial charge in [0, 0.05) is 11.1 Å². The molecular weight excluding hydrogens is 451 g/mol. The van der Waals surface area contributed by atoms with Crippen LogP contribution in [0, 0.1) is 5.82 Å². The monoisotopic (exact) mass is 470 g/mol. The molecular formula is C23H19FN2O8. The summed E-state index contributed by atoms with van der Waals surface area (Å²) in [6.45, 7) is 0. The number of aliphatic hydroxyl groups excluding tert-OH is 2. The minimum absolute atomic E-state index is 0.0262. The Hall–Kier alpha value is -3.77. The predicted molar refractivity (Wildman–Crippen MR) is 114 cm³/mol. The van der Waals surface area contributed by atoms with Crippen LogP contribution in [0.5, 0.6) is 0 Å². The number of aromatic amines is 1.